The zero-order chi connectivity index (χ0) is 15.5. The summed E-state index contributed by atoms with van der Waals surface area (Å²) in [6, 6.07) is 8.39. The van der Waals surface area contributed by atoms with Crippen LogP contribution in [0.1, 0.15) is 6.42 Å². The summed E-state index contributed by atoms with van der Waals surface area (Å²) in [5.74, 6) is 0. The summed E-state index contributed by atoms with van der Waals surface area (Å²) in [6.45, 7) is 5.79. The quantitative estimate of drug-likeness (QED) is 0.784. The summed E-state index contributed by atoms with van der Waals surface area (Å²) in [5, 5.41) is 9.77. The summed E-state index contributed by atoms with van der Waals surface area (Å²) in [5.41, 5.74) is 3.18. The lowest BCUT2D eigenvalue weighted by Gasteiger charge is -2.26. The largest absolute Gasteiger partial charge is 0.379 e. The van der Waals surface area contributed by atoms with Crippen molar-refractivity contribution in [3.05, 3.63) is 36.7 Å². The van der Waals surface area contributed by atoms with Gasteiger partial charge in [0.05, 0.1) is 19.4 Å². The summed E-state index contributed by atoms with van der Waals surface area (Å²) < 4.78 is 7.31. The van der Waals surface area contributed by atoms with E-state index in [1.165, 1.54) is 5.39 Å². The average Bonchev–Trinajstić information content (AvgIpc) is 3.24. The molecular weight excluding hydrogens is 290 g/mol. The Morgan fingerprint density at radius 1 is 1.13 bits per heavy atom. The molecule has 0 radical (unpaired) electrons. The van der Waals surface area contributed by atoms with Gasteiger partial charge in [0.1, 0.15) is 5.69 Å². The van der Waals surface area contributed by atoms with Crippen molar-refractivity contribution in [2.45, 2.75) is 13.0 Å². The van der Waals surface area contributed by atoms with Gasteiger partial charge in [-0.3, -0.25) is 9.58 Å². The minimum Gasteiger partial charge on any atom is -0.379 e. The minimum absolute atomic E-state index is 0.856. The number of rotatable bonds is 5. The molecule has 1 N–H and O–H groups in total. The molecule has 3 aromatic rings. The number of fused-ring (bicyclic) bond motifs is 1. The molecule has 0 bridgehead atoms. The van der Waals surface area contributed by atoms with Crippen LogP contribution in [0.15, 0.2) is 36.7 Å². The molecule has 6 heteroatoms. The summed E-state index contributed by atoms with van der Waals surface area (Å²) in [4.78, 5) is 5.65. The highest BCUT2D eigenvalue weighted by Gasteiger charge is 2.10. The van der Waals surface area contributed by atoms with Crippen LogP contribution in [0.25, 0.3) is 22.2 Å². The third-order valence-corrected chi connectivity index (χ3v) is 4.35. The van der Waals surface area contributed by atoms with Crippen molar-refractivity contribution in [1.82, 2.24) is 24.9 Å². The summed E-state index contributed by atoms with van der Waals surface area (Å²) in [6.07, 6.45) is 5.07. The van der Waals surface area contributed by atoms with Gasteiger partial charge in [-0.1, -0.05) is 11.3 Å². The van der Waals surface area contributed by atoms with Gasteiger partial charge < -0.3 is 9.72 Å². The van der Waals surface area contributed by atoms with Crippen molar-refractivity contribution in [2.24, 2.45) is 0 Å². The lowest BCUT2D eigenvalue weighted by atomic mass is 10.1. The average molecular weight is 311 g/mol. The third kappa shape index (κ3) is 3.28. The molecule has 23 heavy (non-hydrogen) atoms. The van der Waals surface area contributed by atoms with Crippen molar-refractivity contribution in [3.8, 4) is 11.3 Å². The second-order valence-electron chi connectivity index (χ2n) is 5.95. The van der Waals surface area contributed by atoms with Gasteiger partial charge >= 0.3 is 0 Å². The molecule has 1 aromatic carbocycles. The Labute approximate surface area is 135 Å². The number of H-pyrrole nitrogens is 1. The Bertz CT molecular complexity index is 772. The van der Waals surface area contributed by atoms with Gasteiger partial charge in [-0.2, -0.15) is 0 Å². The second kappa shape index (κ2) is 6.52. The van der Waals surface area contributed by atoms with Gasteiger partial charge in [0.2, 0.25) is 0 Å². The number of nitrogens with one attached hydrogen (secondary N) is 1. The lowest BCUT2D eigenvalue weighted by molar-refractivity contribution is 0.0368. The van der Waals surface area contributed by atoms with E-state index in [2.05, 4.69) is 44.5 Å². The molecule has 2 aromatic heterocycles. The Hall–Kier alpha value is -2.18. The highest BCUT2D eigenvalue weighted by atomic mass is 16.5. The van der Waals surface area contributed by atoms with Crippen LogP contribution in [-0.2, 0) is 11.3 Å². The van der Waals surface area contributed by atoms with Crippen LogP contribution >= 0.6 is 0 Å². The molecular formula is C17H21N5O. The van der Waals surface area contributed by atoms with Gasteiger partial charge in [0.25, 0.3) is 0 Å². The molecule has 0 atom stereocenters. The predicted molar refractivity (Wildman–Crippen MR) is 89.2 cm³/mol. The third-order valence-electron chi connectivity index (χ3n) is 4.35. The zero-order valence-corrected chi connectivity index (χ0v) is 13.1. The van der Waals surface area contributed by atoms with Gasteiger partial charge in [0, 0.05) is 48.8 Å². The fourth-order valence-corrected chi connectivity index (χ4v) is 3.03. The maximum Gasteiger partial charge on any atom is 0.113 e. The number of benzene rings is 1. The molecule has 120 valence electrons. The van der Waals surface area contributed by atoms with E-state index >= 15 is 0 Å². The van der Waals surface area contributed by atoms with Crippen LogP contribution in [0.2, 0.25) is 0 Å². The Morgan fingerprint density at radius 2 is 2.04 bits per heavy atom. The van der Waals surface area contributed by atoms with E-state index in [1.807, 2.05) is 17.1 Å². The van der Waals surface area contributed by atoms with Crippen LogP contribution in [0.5, 0.6) is 0 Å². The van der Waals surface area contributed by atoms with E-state index in [1.54, 1.807) is 0 Å². The monoisotopic (exact) mass is 311 g/mol. The number of aromatic nitrogens is 4. The smallest absolute Gasteiger partial charge is 0.113 e. The molecule has 4 rings (SSSR count). The first-order valence-electron chi connectivity index (χ1n) is 8.16. The molecule has 0 amide bonds. The van der Waals surface area contributed by atoms with E-state index in [0.717, 1.165) is 62.6 Å². The maximum atomic E-state index is 5.37. The molecule has 3 heterocycles. The van der Waals surface area contributed by atoms with Gasteiger partial charge in [-0.15, -0.1) is 5.10 Å². The molecule has 1 aliphatic rings. The van der Waals surface area contributed by atoms with Crippen molar-refractivity contribution in [1.29, 1.82) is 0 Å². The number of morpholine rings is 1. The number of hydrogen-bond donors (Lipinski definition) is 1. The van der Waals surface area contributed by atoms with Crippen molar-refractivity contribution >= 4 is 10.9 Å². The molecule has 1 aliphatic heterocycles. The van der Waals surface area contributed by atoms with Crippen LogP contribution < -0.4 is 0 Å². The van der Waals surface area contributed by atoms with Gasteiger partial charge in [-0.05, 0) is 24.6 Å². The van der Waals surface area contributed by atoms with Crippen LogP contribution in [0.4, 0.5) is 0 Å². The number of aryl methyl sites for hydroxylation is 1. The van der Waals surface area contributed by atoms with Gasteiger partial charge in [0.15, 0.2) is 0 Å². The molecule has 0 saturated carbocycles. The van der Waals surface area contributed by atoms with E-state index in [0.29, 0.717) is 0 Å². The van der Waals surface area contributed by atoms with Crippen LogP contribution in [0.3, 0.4) is 0 Å². The molecule has 0 spiro atoms. The van der Waals surface area contributed by atoms with Crippen LogP contribution in [0, 0.1) is 0 Å². The van der Waals surface area contributed by atoms with E-state index in [4.69, 9.17) is 4.74 Å². The molecule has 1 saturated heterocycles. The van der Waals surface area contributed by atoms with Crippen molar-refractivity contribution in [2.75, 3.05) is 32.8 Å². The summed E-state index contributed by atoms with van der Waals surface area (Å²) in [7, 11) is 0. The van der Waals surface area contributed by atoms with E-state index in [9.17, 15) is 0 Å². The number of ether oxygens (including phenoxy) is 1. The lowest BCUT2D eigenvalue weighted by Crippen LogP contribution is -2.37. The second-order valence-corrected chi connectivity index (χ2v) is 5.95. The predicted octanol–water partition coefficient (Wildman–Crippen LogP) is 2.15. The number of hydrogen-bond acceptors (Lipinski definition) is 4. The SMILES string of the molecule is c1cc2cc(-c3cn(CCCN4CCOCC4)nn3)ccc2[nH]1. The van der Waals surface area contributed by atoms with Crippen LogP contribution in [-0.4, -0.2) is 57.7 Å². The van der Waals surface area contributed by atoms with Crippen molar-refractivity contribution in [3.63, 3.8) is 0 Å². The maximum absolute atomic E-state index is 5.37. The zero-order valence-electron chi connectivity index (χ0n) is 13.1. The fraction of sp³-hybridized carbons (Fsp3) is 0.412. The highest BCUT2D eigenvalue weighted by molar-refractivity contribution is 5.84. The summed E-state index contributed by atoms with van der Waals surface area (Å²) >= 11 is 0. The molecule has 1 fully saturated rings. The molecule has 0 unspecified atom stereocenters. The minimum atomic E-state index is 0.856. The van der Waals surface area contributed by atoms with Crippen molar-refractivity contribution < 1.29 is 4.74 Å². The molecule has 6 nitrogen and oxygen atoms in total. The Balaban J connectivity index is 1.38. The first kappa shape index (κ1) is 14.4. The first-order chi connectivity index (χ1) is 11.4. The fourth-order valence-electron chi connectivity index (χ4n) is 3.03. The molecule has 0 aliphatic carbocycles. The number of aromatic amines is 1. The Morgan fingerprint density at radius 3 is 2.96 bits per heavy atom. The van der Waals surface area contributed by atoms with E-state index in [-0.39, 0.29) is 0 Å². The number of nitrogens with zero attached hydrogens (tertiary/aromatic N) is 4. The normalized spacial score (nSPS) is 16.2. The standard InChI is InChI=1S/C17H21N5O/c1(6-21-8-10-23-11-9-21)7-22-13-17(19-20-22)14-2-3-16-15(12-14)4-5-18-16/h2-5,12-13,18H,1,6-11H2. The van der Waals surface area contributed by atoms with Gasteiger partial charge in [-0.25, -0.2) is 0 Å². The first-order valence-corrected chi connectivity index (χ1v) is 8.16. The topological polar surface area (TPSA) is 59.0 Å². The Kier molecular flexibility index (Phi) is 4.08. The highest BCUT2D eigenvalue weighted by Crippen LogP contribution is 2.21. The van der Waals surface area contributed by atoms with E-state index < -0.39 is 0 Å².